The van der Waals surface area contributed by atoms with Crippen LogP contribution in [-0.2, 0) is 9.59 Å². The number of para-hydroxylation sites is 2. The highest BCUT2D eigenvalue weighted by Gasteiger charge is 2.29. The number of rotatable bonds is 9. The van der Waals surface area contributed by atoms with Gasteiger partial charge in [-0.3, -0.25) is 25.2 Å². The highest BCUT2D eigenvalue weighted by molar-refractivity contribution is 5.95. The zero-order valence-corrected chi connectivity index (χ0v) is 20.4. The lowest BCUT2D eigenvalue weighted by atomic mass is 9.97. The average molecular weight is 484 g/mol. The molecule has 0 saturated carbocycles. The normalized spacial score (nSPS) is 17.3. The van der Waals surface area contributed by atoms with Gasteiger partial charge in [-0.2, -0.15) is 0 Å². The number of amides is 3. The van der Waals surface area contributed by atoms with E-state index in [4.69, 9.17) is 14.2 Å². The van der Waals surface area contributed by atoms with E-state index in [9.17, 15) is 14.4 Å². The minimum Gasteiger partial charge on any atom is -0.490 e. The van der Waals surface area contributed by atoms with Crippen molar-refractivity contribution in [2.45, 2.75) is 52.1 Å². The fourth-order valence-electron chi connectivity index (χ4n) is 4.06. The van der Waals surface area contributed by atoms with Crippen molar-refractivity contribution in [3.63, 3.8) is 0 Å². The minimum atomic E-state index is -0.524. The molecule has 9 nitrogen and oxygen atoms in total. The van der Waals surface area contributed by atoms with Crippen molar-refractivity contribution in [1.29, 1.82) is 0 Å². The first kappa shape index (κ1) is 25.9. The number of piperidine rings is 1. The van der Waals surface area contributed by atoms with Gasteiger partial charge in [0.1, 0.15) is 5.75 Å². The maximum atomic E-state index is 12.6. The molecule has 1 heterocycles. The van der Waals surface area contributed by atoms with Crippen molar-refractivity contribution in [3.05, 3.63) is 54.1 Å². The summed E-state index contributed by atoms with van der Waals surface area (Å²) in [5.41, 5.74) is 4.99. The van der Waals surface area contributed by atoms with Crippen LogP contribution >= 0.6 is 0 Å². The maximum absolute atomic E-state index is 12.6. The summed E-state index contributed by atoms with van der Waals surface area (Å²) in [5.74, 6) is 0.402. The van der Waals surface area contributed by atoms with Gasteiger partial charge in [0, 0.05) is 17.6 Å². The second kappa shape index (κ2) is 12.6. The van der Waals surface area contributed by atoms with Crippen molar-refractivity contribution in [2.24, 2.45) is 0 Å². The van der Waals surface area contributed by atoms with Crippen molar-refractivity contribution < 1.29 is 28.6 Å². The van der Waals surface area contributed by atoms with Gasteiger partial charge in [0.25, 0.3) is 17.7 Å². The summed E-state index contributed by atoms with van der Waals surface area (Å²) in [5, 5.41) is 0. The van der Waals surface area contributed by atoms with Gasteiger partial charge in [-0.1, -0.05) is 12.1 Å². The molecule has 3 rings (SSSR count). The minimum absolute atomic E-state index is 0.0414. The molecule has 35 heavy (non-hydrogen) atoms. The third kappa shape index (κ3) is 7.37. The lowest BCUT2D eigenvalue weighted by Crippen LogP contribution is -2.49. The molecule has 0 aromatic heterocycles. The molecule has 0 spiro atoms. The summed E-state index contributed by atoms with van der Waals surface area (Å²) in [7, 11) is 0. The largest absolute Gasteiger partial charge is 0.490 e. The van der Waals surface area contributed by atoms with Crippen LogP contribution in [0.5, 0.6) is 17.2 Å². The number of hydrazine groups is 1. The molecule has 1 aliphatic rings. The lowest BCUT2D eigenvalue weighted by molar-refractivity contribution is -0.139. The van der Waals surface area contributed by atoms with Crippen LogP contribution in [0.25, 0.3) is 0 Å². The predicted octanol–water partition coefficient (Wildman–Crippen LogP) is 3.09. The molecule has 2 unspecified atom stereocenters. The van der Waals surface area contributed by atoms with E-state index in [2.05, 4.69) is 24.7 Å². The molecule has 0 aliphatic carbocycles. The van der Waals surface area contributed by atoms with Crippen LogP contribution in [0.2, 0.25) is 0 Å². The maximum Gasteiger partial charge on any atom is 0.276 e. The highest BCUT2D eigenvalue weighted by Crippen LogP contribution is 2.26. The van der Waals surface area contributed by atoms with E-state index in [1.165, 1.54) is 0 Å². The summed E-state index contributed by atoms with van der Waals surface area (Å²) >= 11 is 0. The first-order valence-corrected chi connectivity index (χ1v) is 11.9. The molecule has 3 amide bonds. The Labute approximate surface area is 205 Å². The molecule has 0 bridgehead atoms. The van der Waals surface area contributed by atoms with Crippen molar-refractivity contribution in [3.8, 4) is 17.2 Å². The van der Waals surface area contributed by atoms with Crippen LogP contribution in [0.4, 0.5) is 0 Å². The molecule has 2 aromatic carbocycles. The molecular weight excluding hydrogens is 450 g/mol. The SMILES string of the molecule is CCOc1ccccc1OCC(=O)NNC(=O)c1ccc(OCC(=O)N2C(C)CCCC2C)cc1. The van der Waals surface area contributed by atoms with Crippen LogP contribution < -0.4 is 25.1 Å². The van der Waals surface area contributed by atoms with Crippen LogP contribution in [0.15, 0.2) is 48.5 Å². The first-order valence-electron chi connectivity index (χ1n) is 11.9. The predicted molar refractivity (Wildman–Crippen MR) is 130 cm³/mol. The average Bonchev–Trinajstić information content (AvgIpc) is 2.86. The number of nitrogens with zero attached hydrogens (tertiary/aromatic N) is 1. The van der Waals surface area contributed by atoms with Crippen LogP contribution in [0.3, 0.4) is 0 Å². The van der Waals surface area contributed by atoms with Gasteiger partial charge in [-0.15, -0.1) is 0 Å². The zero-order valence-electron chi connectivity index (χ0n) is 20.4. The molecule has 188 valence electrons. The molecule has 2 aromatic rings. The lowest BCUT2D eigenvalue weighted by Gasteiger charge is -2.38. The molecule has 0 radical (unpaired) electrons. The summed E-state index contributed by atoms with van der Waals surface area (Å²) in [6, 6.07) is 13.8. The molecule has 1 saturated heterocycles. The molecule has 1 fully saturated rings. The van der Waals surface area contributed by atoms with Gasteiger partial charge in [0.15, 0.2) is 24.7 Å². The van der Waals surface area contributed by atoms with E-state index < -0.39 is 11.8 Å². The second-order valence-corrected chi connectivity index (χ2v) is 8.41. The van der Waals surface area contributed by atoms with E-state index in [0.717, 1.165) is 19.3 Å². The quantitative estimate of drug-likeness (QED) is 0.531. The van der Waals surface area contributed by atoms with Gasteiger partial charge in [-0.05, 0) is 76.4 Å². The number of nitrogens with one attached hydrogen (secondary N) is 2. The van der Waals surface area contributed by atoms with Crippen molar-refractivity contribution in [1.82, 2.24) is 15.8 Å². The summed E-state index contributed by atoms with van der Waals surface area (Å²) in [4.78, 5) is 38.9. The second-order valence-electron chi connectivity index (χ2n) is 8.41. The molecule has 2 atom stereocenters. The summed E-state index contributed by atoms with van der Waals surface area (Å²) in [6.07, 6.45) is 3.14. The third-order valence-electron chi connectivity index (χ3n) is 5.78. The van der Waals surface area contributed by atoms with E-state index >= 15 is 0 Å². The van der Waals surface area contributed by atoms with E-state index in [0.29, 0.717) is 29.4 Å². The molecule has 1 aliphatic heterocycles. The van der Waals surface area contributed by atoms with Crippen LogP contribution in [-0.4, -0.2) is 54.5 Å². The number of benzene rings is 2. The number of carbonyl (C=O) groups is 3. The van der Waals surface area contributed by atoms with E-state index in [-0.39, 0.29) is 31.2 Å². The van der Waals surface area contributed by atoms with Crippen LogP contribution in [0.1, 0.15) is 50.4 Å². The number of ether oxygens (including phenoxy) is 3. The Morgan fingerprint density at radius 2 is 1.49 bits per heavy atom. The monoisotopic (exact) mass is 483 g/mol. The number of carbonyl (C=O) groups excluding carboxylic acids is 3. The molecule has 9 heteroatoms. The fourth-order valence-corrected chi connectivity index (χ4v) is 4.06. The standard InChI is InChI=1S/C26H33N3O6/c1-4-33-22-10-5-6-11-23(22)35-16-24(30)27-28-26(32)20-12-14-21(15-13-20)34-17-25(31)29-18(2)8-7-9-19(29)3/h5-6,10-15,18-19H,4,7-9,16-17H2,1-3H3,(H,27,30)(H,28,32). The topological polar surface area (TPSA) is 106 Å². The Bertz CT molecular complexity index is 1000. The fraction of sp³-hybridized carbons (Fsp3) is 0.423. The third-order valence-corrected chi connectivity index (χ3v) is 5.78. The smallest absolute Gasteiger partial charge is 0.276 e. The van der Waals surface area contributed by atoms with Crippen molar-refractivity contribution in [2.75, 3.05) is 19.8 Å². The molecule has 2 N–H and O–H groups in total. The number of hydrogen-bond donors (Lipinski definition) is 2. The Morgan fingerprint density at radius 3 is 2.11 bits per heavy atom. The van der Waals surface area contributed by atoms with Gasteiger partial charge in [0.2, 0.25) is 0 Å². The number of likely N-dealkylation sites (tertiary alicyclic amines) is 1. The summed E-state index contributed by atoms with van der Waals surface area (Å²) < 4.78 is 16.6. The van der Waals surface area contributed by atoms with E-state index in [1.54, 1.807) is 42.5 Å². The summed E-state index contributed by atoms with van der Waals surface area (Å²) in [6.45, 7) is 6.10. The van der Waals surface area contributed by atoms with Gasteiger partial charge in [-0.25, -0.2) is 0 Å². The van der Waals surface area contributed by atoms with Gasteiger partial charge >= 0.3 is 0 Å². The Hall–Kier alpha value is -3.75. The first-order chi connectivity index (χ1) is 16.9. The molecular formula is C26H33N3O6. The Kier molecular flexibility index (Phi) is 9.34. The van der Waals surface area contributed by atoms with E-state index in [1.807, 2.05) is 17.9 Å². The highest BCUT2D eigenvalue weighted by atomic mass is 16.5. The zero-order chi connectivity index (χ0) is 25.2. The Balaban J connectivity index is 1.42. The Morgan fingerprint density at radius 1 is 0.857 bits per heavy atom. The van der Waals surface area contributed by atoms with Gasteiger partial charge in [0.05, 0.1) is 6.61 Å². The number of hydrogen-bond acceptors (Lipinski definition) is 6. The van der Waals surface area contributed by atoms with Crippen molar-refractivity contribution >= 4 is 17.7 Å². The van der Waals surface area contributed by atoms with Crippen LogP contribution in [0, 0.1) is 0 Å². The van der Waals surface area contributed by atoms with Gasteiger partial charge < -0.3 is 19.1 Å².